The van der Waals surface area contributed by atoms with Crippen LogP contribution in [0.2, 0.25) is 0 Å². The SMILES string of the molecule is COc1ccc(CCN(C)C(=O)c2ccc(C(=O)c3cc4c(cc3C)C(C)(C)CCC4(C)C)o2)cc1OC. The minimum Gasteiger partial charge on any atom is -0.493 e. The number of hydrogen-bond acceptors (Lipinski definition) is 5. The highest BCUT2D eigenvalue weighted by Gasteiger charge is 2.38. The number of carbonyl (C=O) groups is 2. The maximum absolute atomic E-state index is 13.5. The van der Waals surface area contributed by atoms with Crippen LogP contribution in [0.25, 0.3) is 0 Å². The monoisotopic (exact) mass is 517 g/mol. The first-order chi connectivity index (χ1) is 17.9. The van der Waals surface area contributed by atoms with Gasteiger partial charge in [-0.1, -0.05) is 39.8 Å². The van der Waals surface area contributed by atoms with Crippen molar-refractivity contribution in [2.45, 2.75) is 64.7 Å². The molecule has 0 fully saturated rings. The molecule has 1 aliphatic rings. The van der Waals surface area contributed by atoms with Crippen LogP contribution >= 0.6 is 0 Å². The molecule has 3 aromatic rings. The fourth-order valence-corrected chi connectivity index (χ4v) is 5.30. The van der Waals surface area contributed by atoms with Crippen molar-refractivity contribution in [3.63, 3.8) is 0 Å². The summed E-state index contributed by atoms with van der Waals surface area (Å²) in [6, 6.07) is 13.1. The molecule has 1 amide bonds. The van der Waals surface area contributed by atoms with Crippen molar-refractivity contribution in [3.8, 4) is 11.5 Å². The minimum absolute atomic E-state index is 0.00547. The number of ether oxygens (including phenoxy) is 2. The molecule has 202 valence electrons. The lowest BCUT2D eigenvalue weighted by Gasteiger charge is -2.42. The lowest BCUT2D eigenvalue weighted by molar-refractivity contribution is 0.0762. The van der Waals surface area contributed by atoms with Gasteiger partial charge in [0.1, 0.15) is 0 Å². The van der Waals surface area contributed by atoms with Crippen LogP contribution in [0.15, 0.2) is 46.9 Å². The van der Waals surface area contributed by atoms with E-state index in [4.69, 9.17) is 13.9 Å². The van der Waals surface area contributed by atoms with Crippen molar-refractivity contribution in [2.24, 2.45) is 0 Å². The molecule has 0 spiro atoms. The summed E-state index contributed by atoms with van der Waals surface area (Å²) in [5.41, 5.74) is 5.18. The van der Waals surface area contributed by atoms with Crippen LogP contribution in [-0.4, -0.2) is 44.4 Å². The Labute approximate surface area is 225 Å². The molecule has 0 bridgehead atoms. The molecule has 0 atom stereocenters. The zero-order valence-electron chi connectivity index (χ0n) is 23.9. The minimum atomic E-state index is -0.269. The van der Waals surface area contributed by atoms with E-state index in [1.165, 1.54) is 11.1 Å². The molecule has 0 aliphatic heterocycles. The van der Waals surface area contributed by atoms with Crippen LogP contribution in [0.1, 0.15) is 89.5 Å². The van der Waals surface area contributed by atoms with Crippen molar-refractivity contribution in [1.82, 2.24) is 4.90 Å². The van der Waals surface area contributed by atoms with E-state index in [9.17, 15) is 9.59 Å². The average Bonchev–Trinajstić information content (AvgIpc) is 3.39. The number of nitrogens with zero attached hydrogens (tertiary/aromatic N) is 1. The maximum atomic E-state index is 13.5. The fraction of sp³-hybridized carbons (Fsp3) is 0.438. The summed E-state index contributed by atoms with van der Waals surface area (Å²) in [6.45, 7) is 11.5. The molecular weight excluding hydrogens is 478 g/mol. The Morgan fingerprint density at radius 1 is 0.868 bits per heavy atom. The highest BCUT2D eigenvalue weighted by molar-refractivity contribution is 6.09. The summed E-state index contributed by atoms with van der Waals surface area (Å²) in [4.78, 5) is 28.2. The van der Waals surface area contributed by atoms with E-state index in [0.717, 1.165) is 24.0 Å². The van der Waals surface area contributed by atoms with Gasteiger partial charge in [-0.25, -0.2) is 0 Å². The third kappa shape index (κ3) is 5.22. The van der Waals surface area contributed by atoms with Crippen LogP contribution in [0.3, 0.4) is 0 Å². The molecule has 6 nitrogen and oxygen atoms in total. The molecular formula is C32H39NO5. The van der Waals surface area contributed by atoms with Crippen LogP contribution in [-0.2, 0) is 17.3 Å². The second-order valence-electron chi connectivity index (χ2n) is 11.6. The first-order valence-electron chi connectivity index (χ1n) is 13.1. The number of carbonyl (C=O) groups excluding carboxylic acids is 2. The van der Waals surface area contributed by atoms with E-state index < -0.39 is 0 Å². The Bertz CT molecular complexity index is 1360. The fourth-order valence-electron chi connectivity index (χ4n) is 5.30. The summed E-state index contributed by atoms with van der Waals surface area (Å²) in [7, 11) is 4.92. The molecule has 1 aliphatic carbocycles. The van der Waals surface area contributed by atoms with Crippen molar-refractivity contribution in [2.75, 3.05) is 27.8 Å². The lowest BCUT2D eigenvalue weighted by Crippen LogP contribution is -2.34. The Balaban J connectivity index is 1.50. The number of ketones is 1. The van der Waals surface area contributed by atoms with Crippen LogP contribution in [0.5, 0.6) is 11.5 Å². The van der Waals surface area contributed by atoms with Gasteiger partial charge < -0.3 is 18.8 Å². The predicted molar refractivity (Wildman–Crippen MR) is 149 cm³/mol. The number of aryl methyl sites for hydroxylation is 1. The summed E-state index contributed by atoms with van der Waals surface area (Å²) in [5, 5.41) is 0. The zero-order chi connectivity index (χ0) is 27.8. The summed E-state index contributed by atoms with van der Waals surface area (Å²) in [6.07, 6.45) is 2.82. The Morgan fingerprint density at radius 3 is 2.11 bits per heavy atom. The number of methoxy groups -OCH3 is 2. The second-order valence-corrected chi connectivity index (χ2v) is 11.6. The van der Waals surface area contributed by atoms with Gasteiger partial charge in [0.15, 0.2) is 23.0 Å². The Morgan fingerprint density at radius 2 is 1.47 bits per heavy atom. The molecule has 0 unspecified atom stereocenters. The van der Waals surface area contributed by atoms with Crippen molar-refractivity contribution >= 4 is 11.7 Å². The van der Waals surface area contributed by atoms with E-state index in [2.05, 4.69) is 33.8 Å². The van der Waals surface area contributed by atoms with Gasteiger partial charge in [-0.05, 0) is 89.6 Å². The van der Waals surface area contributed by atoms with Gasteiger partial charge in [0.05, 0.1) is 14.2 Å². The first kappa shape index (κ1) is 27.5. The zero-order valence-corrected chi connectivity index (χ0v) is 23.9. The first-order valence-corrected chi connectivity index (χ1v) is 13.1. The van der Waals surface area contributed by atoms with E-state index in [1.807, 2.05) is 31.2 Å². The number of benzene rings is 2. The summed E-state index contributed by atoms with van der Waals surface area (Å²) < 4.78 is 16.5. The van der Waals surface area contributed by atoms with E-state index in [1.54, 1.807) is 38.3 Å². The van der Waals surface area contributed by atoms with Gasteiger partial charge in [0.2, 0.25) is 5.78 Å². The lowest BCUT2D eigenvalue weighted by atomic mass is 9.62. The van der Waals surface area contributed by atoms with Gasteiger partial charge in [0.25, 0.3) is 5.91 Å². The van der Waals surface area contributed by atoms with E-state index in [0.29, 0.717) is 30.0 Å². The third-order valence-corrected chi connectivity index (χ3v) is 8.01. The van der Waals surface area contributed by atoms with E-state index in [-0.39, 0.29) is 34.0 Å². The Kier molecular flexibility index (Phi) is 7.46. The molecule has 4 rings (SSSR count). The molecule has 6 heteroatoms. The Hall–Kier alpha value is -3.54. The quantitative estimate of drug-likeness (QED) is 0.319. The average molecular weight is 518 g/mol. The number of amides is 1. The number of furan rings is 1. The van der Waals surface area contributed by atoms with Crippen LogP contribution in [0, 0.1) is 6.92 Å². The second kappa shape index (κ2) is 10.3. The molecule has 38 heavy (non-hydrogen) atoms. The van der Waals surface area contributed by atoms with Gasteiger partial charge in [-0.2, -0.15) is 0 Å². The molecule has 0 saturated carbocycles. The number of hydrogen-bond donors (Lipinski definition) is 0. The number of likely N-dealkylation sites (N-methyl/N-ethyl adjacent to an activating group) is 1. The number of rotatable bonds is 8. The predicted octanol–water partition coefficient (Wildman–Crippen LogP) is 6.50. The highest BCUT2D eigenvalue weighted by Crippen LogP contribution is 2.46. The van der Waals surface area contributed by atoms with Crippen molar-refractivity contribution in [1.29, 1.82) is 0 Å². The topological polar surface area (TPSA) is 69.0 Å². The standard InChI is InChI=1S/C32H39NO5/c1-20-17-23-24(32(4,5)15-14-31(23,2)3)19-22(20)29(34)26-11-12-27(38-26)30(35)33(6)16-13-21-9-10-25(36-7)28(18-21)37-8/h9-12,17-19H,13-16H2,1-8H3. The van der Waals surface area contributed by atoms with Gasteiger partial charge >= 0.3 is 0 Å². The van der Waals surface area contributed by atoms with E-state index >= 15 is 0 Å². The summed E-state index contributed by atoms with van der Waals surface area (Å²) >= 11 is 0. The molecule has 2 aromatic carbocycles. The van der Waals surface area contributed by atoms with Gasteiger partial charge in [0, 0.05) is 19.2 Å². The largest absolute Gasteiger partial charge is 0.493 e. The molecule has 1 heterocycles. The van der Waals surface area contributed by atoms with Gasteiger partial charge in [-0.3, -0.25) is 9.59 Å². The smallest absolute Gasteiger partial charge is 0.289 e. The van der Waals surface area contributed by atoms with Crippen LogP contribution < -0.4 is 9.47 Å². The van der Waals surface area contributed by atoms with Crippen molar-refractivity contribution in [3.05, 3.63) is 81.8 Å². The third-order valence-electron chi connectivity index (χ3n) is 8.01. The highest BCUT2D eigenvalue weighted by atomic mass is 16.5. The summed E-state index contributed by atoms with van der Waals surface area (Å²) in [5.74, 6) is 1.18. The number of fused-ring (bicyclic) bond motifs is 1. The molecule has 0 radical (unpaired) electrons. The molecule has 0 N–H and O–H groups in total. The van der Waals surface area contributed by atoms with Crippen LogP contribution in [0.4, 0.5) is 0 Å². The van der Waals surface area contributed by atoms with Gasteiger partial charge in [-0.15, -0.1) is 0 Å². The van der Waals surface area contributed by atoms with Crippen molar-refractivity contribution < 1.29 is 23.5 Å². The maximum Gasteiger partial charge on any atom is 0.289 e. The molecule has 1 aromatic heterocycles. The normalized spacial score (nSPS) is 15.5. The molecule has 0 saturated heterocycles.